The number of pyridine rings is 1. The fourth-order valence-electron chi connectivity index (χ4n) is 3.29. The van der Waals surface area contributed by atoms with E-state index in [9.17, 15) is 14.7 Å². The van der Waals surface area contributed by atoms with Gasteiger partial charge in [0.15, 0.2) is 12.1 Å². The van der Waals surface area contributed by atoms with Gasteiger partial charge in [-0.1, -0.05) is 12.1 Å². The van der Waals surface area contributed by atoms with Crippen LogP contribution in [0.4, 0.5) is 5.69 Å². The number of hydrogen-bond donors (Lipinski definition) is 5. The first-order valence-electron chi connectivity index (χ1n) is 10.4. The van der Waals surface area contributed by atoms with Crippen LogP contribution < -0.4 is 21.8 Å². The van der Waals surface area contributed by atoms with Crippen LogP contribution in [0.25, 0.3) is 5.57 Å². The van der Waals surface area contributed by atoms with Crippen molar-refractivity contribution < 1.29 is 14.7 Å². The van der Waals surface area contributed by atoms with Gasteiger partial charge in [0.1, 0.15) is 5.69 Å². The molecule has 2 amide bonds. The molecule has 0 aliphatic carbocycles. The van der Waals surface area contributed by atoms with E-state index in [1.807, 2.05) is 35.5 Å². The number of carbonyl (C=O) groups excluding carboxylic acids is 2. The lowest BCUT2D eigenvalue weighted by Crippen LogP contribution is -2.40. The lowest BCUT2D eigenvalue weighted by atomic mass is 10.0. The number of hydrazine groups is 1. The number of aromatic nitrogens is 1. The largest absolute Gasteiger partial charge is 0.389 e. The molecule has 6 N–H and O–H groups in total. The van der Waals surface area contributed by atoms with E-state index in [4.69, 9.17) is 10.7 Å². The Morgan fingerprint density at radius 2 is 1.97 bits per heavy atom. The van der Waals surface area contributed by atoms with Crippen LogP contribution in [0.5, 0.6) is 0 Å². The van der Waals surface area contributed by atoms with Gasteiger partial charge in [0.2, 0.25) is 0 Å². The molecule has 1 aromatic heterocycles. The highest BCUT2D eigenvalue weighted by Crippen LogP contribution is 2.25. The minimum Gasteiger partial charge on any atom is -0.389 e. The Bertz CT molecular complexity index is 1150. The highest BCUT2D eigenvalue weighted by Gasteiger charge is 2.28. The normalized spacial score (nSPS) is 17.2. The second-order valence-electron chi connectivity index (χ2n) is 8.29. The van der Waals surface area contributed by atoms with E-state index in [-0.39, 0.29) is 18.1 Å². The van der Waals surface area contributed by atoms with Crippen molar-refractivity contribution >= 4 is 28.9 Å². The number of aliphatic hydroxyl groups is 1. The molecule has 2 aromatic rings. The van der Waals surface area contributed by atoms with E-state index in [1.54, 1.807) is 38.1 Å². The van der Waals surface area contributed by atoms with Crippen molar-refractivity contribution in [2.24, 2.45) is 10.7 Å². The third-order valence-electron chi connectivity index (χ3n) is 4.94. The Morgan fingerprint density at radius 3 is 2.61 bits per heavy atom. The number of benzene rings is 1. The monoisotopic (exact) mass is 447 g/mol. The molecule has 170 valence electrons. The van der Waals surface area contributed by atoms with E-state index in [0.717, 1.165) is 17.0 Å². The molecule has 3 heterocycles. The van der Waals surface area contributed by atoms with Crippen molar-refractivity contribution in [1.82, 2.24) is 20.7 Å². The molecule has 0 saturated carbocycles. The van der Waals surface area contributed by atoms with Crippen LogP contribution in [-0.2, 0) is 0 Å². The molecular formula is C23H25N7O3. The highest BCUT2D eigenvalue weighted by molar-refractivity contribution is 6.24. The summed E-state index contributed by atoms with van der Waals surface area (Å²) in [6.07, 6.45) is 6.78. The molecule has 10 nitrogen and oxygen atoms in total. The molecule has 0 saturated heterocycles. The van der Waals surface area contributed by atoms with Crippen LogP contribution in [0.15, 0.2) is 65.9 Å². The third kappa shape index (κ3) is 5.25. The molecule has 0 bridgehead atoms. The highest BCUT2D eigenvalue weighted by atomic mass is 16.3. The predicted molar refractivity (Wildman–Crippen MR) is 125 cm³/mol. The maximum absolute atomic E-state index is 12.3. The smallest absolute Gasteiger partial charge is 0.267 e. The van der Waals surface area contributed by atoms with E-state index >= 15 is 0 Å². The Morgan fingerprint density at radius 1 is 1.21 bits per heavy atom. The number of primary amides is 1. The van der Waals surface area contributed by atoms with Crippen molar-refractivity contribution in [3.63, 3.8) is 0 Å². The van der Waals surface area contributed by atoms with Crippen molar-refractivity contribution in [3.05, 3.63) is 77.8 Å². The van der Waals surface area contributed by atoms with Crippen LogP contribution in [0.3, 0.4) is 0 Å². The quantitative estimate of drug-likeness (QED) is 0.429. The zero-order valence-corrected chi connectivity index (χ0v) is 18.2. The van der Waals surface area contributed by atoms with Crippen LogP contribution in [0.1, 0.15) is 40.3 Å². The molecule has 1 atom stereocenters. The Hall–Kier alpha value is -4.02. The Balaban J connectivity index is 1.46. The van der Waals surface area contributed by atoms with Gasteiger partial charge in [-0.15, -0.1) is 0 Å². The van der Waals surface area contributed by atoms with Gasteiger partial charge < -0.3 is 21.5 Å². The van der Waals surface area contributed by atoms with Gasteiger partial charge in [-0.05, 0) is 55.8 Å². The second-order valence-corrected chi connectivity index (χ2v) is 8.29. The maximum Gasteiger partial charge on any atom is 0.267 e. The topological polar surface area (TPSA) is 145 Å². The van der Waals surface area contributed by atoms with E-state index in [1.165, 1.54) is 6.20 Å². The number of anilines is 1. The van der Waals surface area contributed by atoms with Gasteiger partial charge in [0.05, 0.1) is 17.5 Å². The van der Waals surface area contributed by atoms with Gasteiger partial charge in [-0.3, -0.25) is 14.6 Å². The number of nitrogens with one attached hydrogen (secondary N) is 3. The number of fused-ring (bicyclic) bond motifs is 1. The zero-order chi connectivity index (χ0) is 23.6. The predicted octanol–water partition coefficient (Wildman–Crippen LogP) is 1.21. The van der Waals surface area contributed by atoms with Gasteiger partial charge in [-0.25, -0.2) is 9.98 Å². The number of aliphatic imine (C=N–C) groups is 1. The third-order valence-corrected chi connectivity index (χ3v) is 4.94. The van der Waals surface area contributed by atoms with Gasteiger partial charge in [-0.2, -0.15) is 5.43 Å². The van der Waals surface area contributed by atoms with E-state index < -0.39 is 17.8 Å². The Labute approximate surface area is 190 Å². The van der Waals surface area contributed by atoms with E-state index in [0.29, 0.717) is 11.3 Å². The average molecular weight is 447 g/mol. The van der Waals surface area contributed by atoms with Gasteiger partial charge in [0.25, 0.3) is 11.8 Å². The number of nitrogens with two attached hydrogens (primary N) is 1. The molecule has 4 rings (SSSR count). The van der Waals surface area contributed by atoms with E-state index in [2.05, 4.69) is 21.0 Å². The summed E-state index contributed by atoms with van der Waals surface area (Å²) in [7, 11) is 0. The van der Waals surface area contributed by atoms with Crippen LogP contribution >= 0.6 is 0 Å². The number of nitrogens with zero attached hydrogens (tertiary/aromatic N) is 3. The summed E-state index contributed by atoms with van der Waals surface area (Å²) >= 11 is 0. The SMILES string of the molecule is CC(C)(O)CNC(=O)c1ccc(C2=CC=CN3NC(Nc4ccc(C(N)=O)nc4)N=C23)cc1. The molecule has 1 unspecified atom stereocenters. The molecule has 10 heteroatoms. The molecule has 0 radical (unpaired) electrons. The van der Waals surface area contributed by atoms with Crippen molar-refractivity contribution in [3.8, 4) is 0 Å². The maximum atomic E-state index is 12.3. The summed E-state index contributed by atoms with van der Waals surface area (Å²) < 4.78 is 0. The summed E-state index contributed by atoms with van der Waals surface area (Å²) in [5, 5.41) is 17.5. The zero-order valence-electron chi connectivity index (χ0n) is 18.2. The summed E-state index contributed by atoms with van der Waals surface area (Å²) in [5.41, 5.74) is 10.6. The number of carbonyl (C=O) groups is 2. The summed E-state index contributed by atoms with van der Waals surface area (Å²) in [6.45, 7) is 3.43. The van der Waals surface area contributed by atoms with Crippen LogP contribution in [0.2, 0.25) is 0 Å². The average Bonchev–Trinajstić information content (AvgIpc) is 3.20. The molecular weight excluding hydrogens is 422 g/mol. The number of hydrogen-bond acceptors (Lipinski definition) is 8. The summed E-state index contributed by atoms with van der Waals surface area (Å²) in [4.78, 5) is 32.2. The summed E-state index contributed by atoms with van der Waals surface area (Å²) in [6, 6.07) is 10.5. The van der Waals surface area contributed by atoms with Gasteiger partial charge >= 0.3 is 0 Å². The first kappa shape index (κ1) is 22.2. The van der Waals surface area contributed by atoms with Crippen LogP contribution in [-0.4, -0.2) is 51.2 Å². The fraction of sp³-hybridized carbons (Fsp3) is 0.217. The molecule has 2 aliphatic rings. The number of amidine groups is 1. The first-order chi connectivity index (χ1) is 15.7. The van der Waals surface area contributed by atoms with Crippen molar-refractivity contribution in [2.45, 2.75) is 25.7 Å². The number of rotatable bonds is 7. The number of allylic oxidation sites excluding steroid dienone is 2. The molecule has 33 heavy (non-hydrogen) atoms. The number of amides is 2. The lowest BCUT2D eigenvalue weighted by Gasteiger charge is -2.22. The summed E-state index contributed by atoms with van der Waals surface area (Å²) in [5.74, 6) is -0.113. The minimum atomic E-state index is -0.976. The standard InChI is InChI=1S/C23H25N7O3/c1-23(2,33)13-26-21(32)15-7-5-14(6-8-15)17-4-3-11-30-20(17)28-22(29-30)27-16-9-10-18(19(24)31)25-12-16/h3-12,22,27,29,33H,13H2,1-2H3,(H2,24,31)(H,26,32). The van der Waals surface area contributed by atoms with Crippen molar-refractivity contribution in [1.29, 1.82) is 0 Å². The van der Waals surface area contributed by atoms with Crippen LogP contribution in [0, 0.1) is 0 Å². The minimum absolute atomic E-state index is 0.163. The lowest BCUT2D eigenvalue weighted by molar-refractivity contribution is 0.0694. The molecule has 2 aliphatic heterocycles. The Kier molecular flexibility index (Phi) is 5.95. The van der Waals surface area contributed by atoms with Gasteiger partial charge in [0, 0.05) is 23.9 Å². The molecule has 0 fully saturated rings. The fourth-order valence-corrected chi connectivity index (χ4v) is 3.29. The molecule has 0 spiro atoms. The second kappa shape index (κ2) is 8.85. The van der Waals surface area contributed by atoms with Crippen molar-refractivity contribution in [2.75, 3.05) is 11.9 Å². The molecule has 1 aromatic carbocycles. The first-order valence-corrected chi connectivity index (χ1v) is 10.4.